The fraction of sp³-hybridized carbons (Fsp3) is 0.692. The molecule has 0 radical (unpaired) electrons. The average molecular weight is 454 g/mol. The molecule has 1 unspecified atom stereocenters. The summed E-state index contributed by atoms with van der Waals surface area (Å²) in [6.07, 6.45) is 6.53. The molecule has 7 nitrogen and oxygen atoms in total. The zero-order chi connectivity index (χ0) is 22.6. The number of hydrogen-bond donors (Lipinski definition) is 1. The fourth-order valence-electron chi connectivity index (χ4n) is 6.06. The van der Waals surface area contributed by atoms with E-state index in [9.17, 15) is 9.59 Å². The molecule has 180 valence electrons. The Morgan fingerprint density at radius 2 is 1.39 bits per heavy atom. The Morgan fingerprint density at radius 3 is 2.03 bits per heavy atom. The summed E-state index contributed by atoms with van der Waals surface area (Å²) in [7, 11) is 0. The molecule has 4 fully saturated rings. The molecule has 1 aromatic carbocycles. The Bertz CT molecular complexity index is 806. The number of nitrogens with zero attached hydrogens (tertiary/aromatic N) is 4. The Balaban J connectivity index is 1.03. The first kappa shape index (κ1) is 22.8. The van der Waals surface area contributed by atoms with Crippen LogP contribution >= 0.6 is 0 Å². The van der Waals surface area contributed by atoms with Crippen LogP contribution in [0.3, 0.4) is 0 Å². The summed E-state index contributed by atoms with van der Waals surface area (Å²) in [5.74, 6) is -0.515. The van der Waals surface area contributed by atoms with Gasteiger partial charge in [-0.2, -0.15) is 0 Å². The molecule has 0 bridgehead atoms. The first-order chi connectivity index (χ1) is 16.2. The van der Waals surface area contributed by atoms with E-state index in [4.69, 9.17) is 0 Å². The highest BCUT2D eigenvalue weighted by molar-refractivity contribution is 6.00. The van der Waals surface area contributed by atoms with Crippen molar-refractivity contribution in [2.24, 2.45) is 0 Å². The van der Waals surface area contributed by atoms with Crippen molar-refractivity contribution in [2.45, 2.75) is 50.5 Å². The summed E-state index contributed by atoms with van der Waals surface area (Å²) in [6, 6.07) is 9.24. The molecule has 1 atom stereocenters. The Kier molecular flexibility index (Phi) is 7.28. The summed E-state index contributed by atoms with van der Waals surface area (Å²) in [4.78, 5) is 34.0. The third kappa shape index (κ3) is 5.58. The molecular weight excluding hydrogens is 414 g/mol. The second kappa shape index (κ2) is 10.5. The van der Waals surface area contributed by atoms with Crippen LogP contribution in [-0.4, -0.2) is 98.0 Å². The van der Waals surface area contributed by atoms with Gasteiger partial charge in [0.15, 0.2) is 0 Å². The van der Waals surface area contributed by atoms with Crippen molar-refractivity contribution in [1.82, 2.24) is 20.0 Å². The van der Waals surface area contributed by atoms with Crippen molar-refractivity contribution in [1.29, 1.82) is 0 Å². The lowest BCUT2D eigenvalue weighted by molar-refractivity contribution is -0.134. The minimum Gasteiger partial charge on any atom is -0.369 e. The van der Waals surface area contributed by atoms with E-state index in [0.29, 0.717) is 12.8 Å². The van der Waals surface area contributed by atoms with Gasteiger partial charge in [-0.05, 0) is 76.0 Å². The lowest BCUT2D eigenvalue weighted by atomic mass is 9.90. The number of rotatable bonds is 6. The number of anilines is 1. The molecule has 0 aliphatic carbocycles. The van der Waals surface area contributed by atoms with Crippen LogP contribution in [0.2, 0.25) is 0 Å². The van der Waals surface area contributed by atoms with Gasteiger partial charge in [-0.15, -0.1) is 0 Å². The van der Waals surface area contributed by atoms with Gasteiger partial charge in [0.05, 0.1) is 5.92 Å². The lowest BCUT2D eigenvalue weighted by Gasteiger charge is -2.39. The maximum Gasteiger partial charge on any atom is 0.234 e. The third-order valence-electron chi connectivity index (χ3n) is 8.22. The van der Waals surface area contributed by atoms with E-state index in [1.165, 1.54) is 70.6 Å². The predicted octanol–water partition coefficient (Wildman–Crippen LogP) is 1.89. The molecule has 4 aliphatic heterocycles. The molecule has 1 aromatic rings. The van der Waals surface area contributed by atoms with Crippen LogP contribution in [-0.2, 0) is 9.59 Å². The topological polar surface area (TPSA) is 59.1 Å². The summed E-state index contributed by atoms with van der Waals surface area (Å²) in [6.45, 7) is 11.9. The van der Waals surface area contributed by atoms with Gasteiger partial charge in [-0.3, -0.25) is 19.8 Å². The van der Waals surface area contributed by atoms with E-state index in [2.05, 4.69) is 49.2 Å². The minimum atomic E-state index is -0.200. The highest BCUT2D eigenvalue weighted by Crippen LogP contribution is 2.27. The van der Waals surface area contributed by atoms with Crippen LogP contribution in [0.1, 0.15) is 50.0 Å². The quantitative estimate of drug-likeness (QED) is 0.664. The van der Waals surface area contributed by atoms with Crippen molar-refractivity contribution in [2.75, 3.05) is 70.3 Å². The number of amides is 2. The summed E-state index contributed by atoms with van der Waals surface area (Å²) < 4.78 is 0. The Labute approximate surface area is 198 Å². The summed E-state index contributed by atoms with van der Waals surface area (Å²) in [5.41, 5.74) is 2.24. The van der Waals surface area contributed by atoms with Crippen LogP contribution in [0, 0.1) is 0 Å². The highest BCUT2D eigenvalue weighted by atomic mass is 16.2. The van der Waals surface area contributed by atoms with E-state index in [1.54, 1.807) is 0 Å². The monoisotopic (exact) mass is 453 g/mol. The molecule has 4 aliphatic rings. The zero-order valence-corrected chi connectivity index (χ0v) is 19.9. The van der Waals surface area contributed by atoms with Gasteiger partial charge in [0.1, 0.15) is 0 Å². The van der Waals surface area contributed by atoms with Crippen LogP contribution in [0.15, 0.2) is 24.3 Å². The van der Waals surface area contributed by atoms with Gasteiger partial charge in [0.2, 0.25) is 11.8 Å². The van der Waals surface area contributed by atoms with Crippen molar-refractivity contribution < 1.29 is 9.59 Å². The second-order valence-electron chi connectivity index (χ2n) is 10.2. The number of hydrogen-bond acceptors (Lipinski definition) is 6. The van der Waals surface area contributed by atoms with Crippen LogP contribution in [0.4, 0.5) is 5.69 Å². The maximum absolute atomic E-state index is 12.1. The van der Waals surface area contributed by atoms with Crippen LogP contribution in [0.5, 0.6) is 0 Å². The maximum atomic E-state index is 12.1. The van der Waals surface area contributed by atoms with Gasteiger partial charge in [0.25, 0.3) is 0 Å². The van der Waals surface area contributed by atoms with Gasteiger partial charge >= 0.3 is 0 Å². The summed E-state index contributed by atoms with van der Waals surface area (Å²) >= 11 is 0. The first-order valence-electron chi connectivity index (χ1n) is 13.0. The molecule has 7 heteroatoms. The van der Waals surface area contributed by atoms with E-state index in [1.807, 2.05) is 0 Å². The number of carbonyl (C=O) groups excluding carboxylic acids is 2. The lowest BCUT2D eigenvalue weighted by Crippen LogP contribution is -2.50. The number of imide groups is 1. The molecular formula is C26H39N5O2. The van der Waals surface area contributed by atoms with E-state index in [0.717, 1.165) is 37.8 Å². The average Bonchev–Trinajstić information content (AvgIpc) is 3.39. The van der Waals surface area contributed by atoms with Crippen molar-refractivity contribution in [3.63, 3.8) is 0 Å². The molecule has 4 saturated heterocycles. The van der Waals surface area contributed by atoms with Gasteiger partial charge in [0, 0.05) is 57.4 Å². The predicted molar refractivity (Wildman–Crippen MR) is 130 cm³/mol. The standard InChI is InChI=1S/C26H39N5O2/c32-25-8-7-24(26(33)27-25)21-3-5-22(6-4-21)31-19-17-29(18-20-31)16-15-28-13-9-23(10-14-28)30-11-1-2-12-30/h3-6,23-24H,1-2,7-20H2,(H,27,32,33). The van der Waals surface area contributed by atoms with Gasteiger partial charge in [-0.25, -0.2) is 0 Å². The molecule has 0 saturated carbocycles. The number of likely N-dealkylation sites (tertiary alicyclic amines) is 2. The van der Waals surface area contributed by atoms with E-state index >= 15 is 0 Å². The fourth-order valence-corrected chi connectivity index (χ4v) is 6.06. The zero-order valence-electron chi connectivity index (χ0n) is 19.9. The molecule has 1 N–H and O–H groups in total. The summed E-state index contributed by atoms with van der Waals surface area (Å²) in [5, 5.41) is 2.46. The van der Waals surface area contributed by atoms with Gasteiger partial charge in [-0.1, -0.05) is 12.1 Å². The first-order valence-corrected chi connectivity index (χ1v) is 13.0. The van der Waals surface area contributed by atoms with Crippen molar-refractivity contribution >= 4 is 17.5 Å². The van der Waals surface area contributed by atoms with Gasteiger partial charge < -0.3 is 14.7 Å². The molecule has 4 heterocycles. The number of carbonyl (C=O) groups is 2. The number of benzene rings is 1. The third-order valence-corrected chi connectivity index (χ3v) is 8.22. The smallest absolute Gasteiger partial charge is 0.234 e. The van der Waals surface area contributed by atoms with E-state index < -0.39 is 0 Å². The molecule has 0 aromatic heterocycles. The number of piperidine rings is 2. The van der Waals surface area contributed by atoms with Crippen molar-refractivity contribution in [3.8, 4) is 0 Å². The molecule has 33 heavy (non-hydrogen) atoms. The van der Waals surface area contributed by atoms with Crippen LogP contribution in [0.25, 0.3) is 0 Å². The van der Waals surface area contributed by atoms with E-state index in [-0.39, 0.29) is 17.7 Å². The molecule has 2 amide bonds. The normalized spacial score (nSPS) is 26.7. The minimum absolute atomic E-state index is 0.155. The Hall–Kier alpha value is -1.96. The van der Waals surface area contributed by atoms with Crippen LogP contribution < -0.4 is 10.2 Å². The highest BCUT2D eigenvalue weighted by Gasteiger charge is 2.29. The Morgan fingerprint density at radius 1 is 0.758 bits per heavy atom. The molecule has 0 spiro atoms. The number of piperazine rings is 1. The number of nitrogens with one attached hydrogen (secondary N) is 1. The second-order valence-corrected chi connectivity index (χ2v) is 10.2. The SMILES string of the molecule is O=C1CCC(c2ccc(N3CCN(CCN4CCC(N5CCCC5)CC4)CC3)cc2)C(=O)N1. The largest absolute Gasteiger partial charge is 0.369 e. The van der Waals surface area contributed by atoms with Crippen molar-refractivity contribution in [3.05, 3.63) is 29.8 Å². The molecule has 5 rings (SSSR count).